The number of aryl methyl sites for hydroxylation is 1. The van der Waals surface area contributed by atoms with Crippen molar-refractivity contribution in [2.45, 2.75) is 52.5 Å². The minimum absolute atomic E-state index is 0.0477. The van der Waals surface area contributed by atoms with E-state index >= 15 is 0 Å². The molecular weight excluding hydrogens is 250 g/mol. The second-order valence-electron chi connectivity index (χ2n) is 6.11. The average molecular weight is 275 g/mol. The fraction of sp³-hybridized carbons (Fsp3) is 0.588. The molecule has 1 aliphatic rings. The van der Waals surface area contributed by atoms with E-state index in [-0.39, 0.29) is 17.9 Å². The zero-order valence-corrected chi connectivity index (χ0v) is 13.1. The molecule has 1 aromatic carbocycles. The van der Waals surface area contributed by atoms with E-state index in [1.165, 1.54) is 11.1 Å². The van der Waals surface area contributed by atoms with Gasteiger partial charge in [-0.2, -0.15) is 0 Å². The molecular formula is C17H25NO2. The van der Waals surface area contributed by atoms with E-state index < -0.39 is 0 Å². The molecule has 1 fully saturated rings. The molecule has 0 spiro atoms. The van der Waals surface area contributed by atoms with Crippen LogP contribution in [0, 0.1) is 12.8 Å². The molecule has 3 heteroatoms. The summed E-state index contributed by atoms with van der Waals surface area (Å²) in [6.07, 6.45) is 2.08. The summed E-state index contributed by atoms with van der Waals surface area (Å²) in [5.41, 5.74) is 3.54. The van der Waals surface area contributed by atoms with Gasteiger partial charge in [0.25, 0.3) is 0 Å². The van der Waals surface area contributed by atoms with Crippen LogP contribution in [-0.2, 0) is 4.79 Å². The van der Waals surface area contributed by atoms with Crippen LogP contribution >= 0.6 is 0 Å². The Morgan fingerprint density at radius 3 is 2.40 bits per heavy atom. The second-order valence-corrected chi connectivity index (χ2v) is 6.11. The molecule has 1 saturated carbocycles. The van der Waals surface area contributed by atoms with E-state index in [1.807, 2.05) is 0 Å². The van der Waals surface area contributed by atoms with Crippen molar-refractivity contribution >= 4 is 5.91 Å². The first-order valence-corrected chi connectivity index (χ1v) is 7.42. The van der Waals surface area contributed by atoms with E-state index in [0.29, 0.717) is 5.92 Å². The first kappa shape index (κ1) is 14.9. The normalized spacial score (nSPS) is 16.1. The first-order chi connectivity index (χ1) is 9.43. The van der Waals surface area contributed by atoms with Gasteiger partial charge in [-0.15, -0.1) is 0 Å². The molecule has 1 aromatic rings. The smallest absolute Gasteiger partial charge is 0.223 e. The van der Waals surface area contributed by atoms with Crippen LogP contribution in [0.1, 0.15) is 62.3 Å². The van der Waals surface area contributed by atoms with Crippen molar-refractivity contribution in [2.75, 3.05) is 7.11 Å². The van der Waals surface area contributed by atoms with Crippen molar-refractivity contribution in [3.8, 4) is 5.75 Å². The summed E-state index contributed by atoms with van der Waals surface area (Å²) in [5, 5.41) is 3.12. The van der Waals surface area contributed by atoms with E-state index in [9.17, 15) is 4.79 Å². The van der Waals surface area contributed by atoms with Crippen LogP contribution in [0.5, 0.6) is 5.75 Å². The third-order valence-electron chi connectivity index (χ3n) is 4.01. The van der Waals surface area contributed by atoms with Crippen molar-refractivity contribution in [2.24, 2.45) is 5.92 Å². The van der Waals surface area contributed by atoms with Gasteiger partial charge in [0, 0.05) is 5.92 Å². The van der Waals surface area contributed by atoms with Gasteiger partial charge in [0.1, 0.15) is 5.75 Å². The lowest BCUT2D eigenvalue weighted by Gasteiger charge is -2.21. The zero-order valence-electron chi connectivity index (χ0n) is 13.1. The number of hydrogen-bond acceptors (Lipinski definition) is 2. The van der Waals surface area contributed by atoms with Gasteiger partial charge in [-0.05, 0) is 61.4 Å². The SMILES string of the molecule is COc1cc(C)c([C@H](C)NC(=O)C2CC2)cc1C(C)C. The quantitative estimate of drug-likeness (QED) is 0.889. The van der Waals surface area contributed by atoms with Gasteiger partial charge in [0.05, 0.1) is 13.2 Å². The molecule has 0 bridgehead atoms. The number of amides is 1. The Bertz CT molecular complexity index is 504. The van der Waals surface area contributed by atoms with Crippen LogP contribution in [0.15, 0.2) is 12.1 Å². The Balaban J connectivity index is 2.25. The Labute approximate surface area is 121 Å². The van der Waals surface area contributed by atoms with Crippen molar-refractivity contribution < 1.29 is 9.53 Å². The Morgan fingerprint density at radius 1 is 1.25 bits per heavy atom. The molecule has 2 rings (SSSR count). The highest BCUT2D eigenvalue weighted by molar-refractivity contribution is 5.81. The number of ether oxygens (including phenoxy) is 1. The van der Waals surface area contributed by atoms with E-state index in [4.69, 9.17) is 4.74 Å². The number of hydrogen-bond donors (Lipinski definition) is 1. The maximum Gasteiger partial charge on any atom is 0.223 e. The van der Waals surface area contributed by atoms with Gasteiger partial charge in [0.2, 0.25) is 5.91 Å². The van der Waals surface area contributed by atoms with Crippen LogP contribution in [-0.4, -0.2) is 13.0 Å². The summed E-state index contributed by atoms with van der Waals surface area (Å²) < 4.78 is 5.46. The molecule has 0 heterocycles. The molecule has 1 amide bonds. The third kappa shape index (κ3) is 3.14. The molecule has 0 radical (unpaired) electrons. The highest BCUT2D eigenvalue weighted by Crippen LogP contribution is 2.33. The number of benzene rings is 1. The monoisotopic (exact) mass is 275 g/mol. The van der Waals surface area contributed by atoms with Gasteiger partial charge in [-0.3, -0.25) is 4.79 Å². The van der Waals surface area contributed by atoms with E-state index in [2.05, 4.69) is 45.1 Å². The highest BCUT2D eigenvalue weighted by Gasteiger charge is 2.30. The molecule has 0 aromatic heterocycles. The van der Waals surface area contributed by atoms with Crippen LogP contribution in [0.2, 0.25) is 0 Å². The third-order valence-corrected chi connectivity index (χ3v) is 4.01. The van der Waals surface area contributed by atoms with Crippen LogP contribution in [0.25, 0.3) is 0 Å². The topological polar surface area (TPSA) is 38.3 Å². The van der Waals surface area contributed by atoms with E-state index in [0.717, 1.165) is 24.2 Å². The fourth-order valence-corrected chi connectivity index (χ4v) is 2.56. The summed E-state index contributed by atoms with van der Waals surface area (Å²) in [7, 11) is 1.71. The Kier molecular flexibility index (Phi) is 4.36. The number of rotatable bonds is 5. The van der Waals surface area contributed by atoms with Gasteiger partial charge in [-0.1, -0.05) is 13.8 Å². The lowest BCUT2D eigenvalue weighted by molar-refractivity contribution is -0.122. The van der Waals surface area contributed by atoms with Crippen LogP contribution < -0.4 is 10.1 Å². The second kappa shape index (κ2) is 5.86. The zero-order chi connectivity index (χ0) is 14.9. The molecule has 1 atom stereocenters. The van der Waals surface area contributed by atoms with Crippen LogP contribution in [0.4, 0.5) is 0 Å². The van der Waals surface area contributed by atoms with Crippen molar-refractivity contribution in [3.05, 3.63) is 28.8 Å². The molecule has 110 valence electrons. The predicted molar refractivity (Wildman–Crippen MR) is 81.1 cm³/mol. The van der Waals surface area contributed by atoms with Crippen LogP contribution in [0.3, 0.4) is 0 Å². The molecule has 1 N–H and O–H groups in total. The standard InChI is InChI=1S/C17H25NO2/c1-10(2)14-9-15(11(3)8-16(14)20-5)12(4)18-17(19)13-6-7-13/h8-10,12-13H,6-7H2,1-5H3,(H,18,19)/t12-/m0/s1. The summed E-state index contributed by atoms with van der Waals surface area (Å²) >= 11 is 0. The fourth-order valence-electron chi connectivity index (χ4n) is 2.56. The summed E-state index contributed by atoms with van der Waals surface area (Å²) in [6.45, 7) is 8.44. The molecule has 1 aliphatic carbocycles. The van der Waals surface area contributed by atoms with Crippen molar-refractivity contribution in [1.82, 2.24) is 5.32 Å². The minimum atomic E-state index is 0.0477. The summed E-state index contributed by atoms with van der Waals surface area (Å²) in [6, 6.07) is 4.30. The summed E-state index contributed by atoms with van der Waals surface area (Å²) in [4.78, 5) is 11.9. The lowest BCUT2D eigenvalue weighted by atomic mass is 9.93. The van der Waals surface area contributed by atoms with Gasteiger partial charge in [-0.25, -0.2) is 0 Å². The maximum atomic E-state index is 11.9. The highest BCUT2D eigenvalue weighted by atomic mass is 16.5. The molecule has 0 unspecified atom stereocenters. The van der Waals surface area contributed by atoms with Gasteiger partial charge < -0.3 is 10.1 Å². The Hall–Kier alpha value is -1.51. The van der Waals surface area contributed by atoms with E-state index in [1.54, 1.807) is 7.11 Å². The largest absolute Gasteiger partial charge is 0.496 e. The summed E-state index contributed by atoms with van der Waals surface area (Å²) in [5.74, 6) is 1.77. The number of nitrogens with one attached hydrogen (secondary N) is 1. The van der Waals surface area contributed by atoms with Gasteiger partial charge in [0.15, 0.2) is 0 Å². The molecule has 3 nitrogen and oxygen atoms in total. The molecule has 0 saturated heterocycles. The number of carbonyl (C=O) groups is 1. The minimum Gasteiger partial charge on any atom is -0.496 e. The molecule has 0 aliphatic heterocycles. The van der Waals surface area contributed by atoms with Crippen molar-refractivity contribution in [1.29, 1.82) is 0 Å². The average Bonchev–Trinajstić information content (AvgIpc) is 3.21. The first-order valence-electron chi connectivity index (χ1n) is 7.42. The van der Waals surface area contributed by atoms with Gasteiger partial charge >= 0.3 is 0 Å². The lowest BCUT2D eigenvalue weighted by Crippen LogP contribution is -2.28. The molecule has 20 heavy (non-hydrogen) atoms. The predicted octanol–water partition coefficient (Wildman–Crippen LogP) is 3.71. The number of carbonyl (C=O) groups excluding carboxylic acids is 1. The maximum absolute atomic E-state index is 11.9. The van der Waals surface area contributed by atoms with Crippen molar-refractivity contribution in [3.63, 3.8) is 0 Å². The number of methoxy groups -OCH3 is 1. The Morgan fingerprint density at radius 2 is 1.90 bits per heavy atom.